The van der Waals surface area contributed by atoms with E-state index in [1.807, 2.05) is 45.0 Å². The molecule has 2 aromatic carbocycles. The summed E-state index contributed by atoms with van der Waals surface area (Å²) in [7, 11) is -2.51. The van der Waals surface area contributed by atoms with E-state index in [-0.39, 0.29) is 28.9 Å². The summed E-state index contributed by atoms with van der Waals surface area (Å²) in [6.45, 7) is 6.69. The highest BCUT2D eigenvalue weighted by Gasteiger charge is 2.32. The Hall–Kier alpha value is -2.30. The van der Waals surface area contributed by atoms with Gasteiger partial charge in [0.2, 0.25) is 21.8 Å². The van der Waals surface area contributed by atoms with E-state index in [9.17, 15) is 18.0 Å². The maximum Gasteiger partial charge on any atom is 0.244 e. The fraction of sp³-hybridized carbons (Fsp3) is 0.417. The van der Waals surface area contributed by atoms with Gasteiger partial charge >= 0.3 is 0 Å². The number of carbonyl (C=O) groups excluding carboxylic acids is 2. The molecule has 0 heterocycles. The van der Waals surface area contributed by atoms with Crippen molar-refractivity contribution in [3.8, 4) is 5.75 Å². The van der Waals surface area contributed by atoms with E-state index in [2.05, 4.69) is 21.2 Å². The van der Waals surface area contributed by atoms with E-state index in [0.29, 0.717) is 0 Å². The lowest BCUT2D eigenvalue weighted by molar-refractivity contribution is -0.140. The van der Waals surface area contributed by atoms with Crippen LogP contribution in [0.3, 0.4) is 0 Å². The first kappa shape index (κ1) is 28.9. The topological polar surface area (TPSA) is 96.0 Å². The van der Waals surface area contributed by atoms with Gasteiger partial charge < -0.3 is 15.0 Å². The molecule has 0 aromatic heterocycles. The monoisotopic (exact) mass is 587 g/mol. The van der Waals surface area contributed by atoms with Gasteiger partial charge in [-0.05, 0) is 63.6 Å². The molecule has 0 aliphatic heterocycles. The van der Waals surface area contributed by atoms with Gasteiger partial charge in [-0.1, -0.05) is 39.7 Å². The molecular weight excluding hydrogens is 558 g/mol. The summed E-state index contributed by atoms with van der Waals surface area (Å²) in [6.07, 6.45) is 0.995. The van der Waals surface area contributed by atoms with Gasteiger partial charge in [0.05, 0.1) is 19.1 Å². The normalized spacial score (nSPS) is 12.6. The van der Waals surface area contributed by atoms with Crippen LogP contribution in [0.25, 0.3) is 0 Å². The molecule has 0 saturated carbocycles. The van der Waals surface area contributed by atoms with Crippen molar-refractivity contribution in [1.29, 1.82) is 0 Å². The molecule has 1 unspecified atom stereocenters. The lowest BCUT2D eigenvalue weighted by atomic mass is 10.1. The van der Waals surface area contributed by atoms with Crippen LogP contribution in [-0.4, -0.2) is 56.6 Å². The van der Waals surface area contributed by atoms with Crippen molar-refractivity contribution in [3.05, 3.63) is 57.5 Å². The maximum absolute atomic E-state index is 13.6. The highest BCUT2D eigenvalue weighted by Crippen LogP contribution is 2.33. The van der Waals surface area contributed by atoms with Crippen LogP contribution in [0, 0.1) is 0 Å². The first-order valence-electron chi connectivity index (χ1n) is 10.8. The number of anilines is 1. The zero-order valence-corrected chi connectivity index (χ0v) is 23.8. The Balaban J connectivity index is 2.48. The van der Waals surface area contributed by atoms with Crippen LogP contribution in [0.5, 0.6) is 5.75 Å². The van der Waals surface area contributed by atoms with Gasteiger partial charge in [0.25, 0.3) is 0 Å². The van der Waals surface area contributed by atoms with Crippen LogP contribution in [0.1, 0.15) is 33.3 Å². The Kier molecular flexibility index (Phi) is 9.61. The van der Waals surface area contributed by atoms with Crippen LogP contribution in [0.4, 0.5) is 5.69 Å². The number of benzene rings is 2. The summed E-state index contributed by atoms with van der Waals surface area (Å²) in [6, 6.07) is 11.0. The predicted octanol–water partition coefficient (Wildman–Crippen LogP) is 4.21. The highest BCUT2D eigenvalue weighted by molar-refractivity contribution is 9.10. The molecule has 2 rings (SSSR count). The second kappa shape index (κ2) is 11.6. The molecule has 0 aliphatic carbocycles. The van der Waals surface area contributed by atoms with Gasteiger partial charge in [-0.3, -0.25) is 13.9 Å². The van der Waals surface area contributed by atoms with Crippen molar-refractivity contribution >= 4 is 55.1 Å². The van der Waals surface area contributed by atoms with Crippen molar-refractivity contribution in [2.45, 2.75) is 45.8 Å². The Morgan fingerprint density at radius 2 is 1.83 bits per heavy atom. The van der Waals surface area contributed by atoms with Gasteiger partial charge in [0.15, 0.2) is 0 Å². The number of methoxy groups -OCH3 is 1. The summed E-state index contributed by atoms with van der Waals surface area (Å²) in [5.41, 5.74) is 0.391. The number of nitrogens with zero attached hydrogens (tertiary/aromatic N) is 2. The SMILES string of the molecule is COc1ccc(Cl)cc1N(CC(=O)N(Cc1cccc(Br)c1)C(C)C(=O)NC(C)(C)C)S(C)(=O)=O. The molecule has 0 radical (unpaired) electrons. The number of ether oxygens (including phenoxy) is 1. The number of amides is 2. The third-order valence-corrected chi connectivity index (χ3v) is 6.85. The lowest BCUT2D eigenvalue weighted by Crippen LogP contribution is -2.54. The Labute approximate surface area is 220 Å². The average Bonchev–Trinajstić information content (AvgIpc) is 2.73. The van der Waals surface area contributed by atoms with Crippen molar-refractivity contribution < 1.29 is 22.7 Å². The van der Waals surface area contributed by atoms with Crippen molar-refractivity contribution in [2.75, 3.05) is 24.2 Å². The first-order chi connectivity index (χ1) is 16.1. The van der Waals surface area contributed by atoms with E-state index in [1.54, 1.807) is 13.0 Å². The first-order valence-corrected chi connectivity index (χ1v) is 13.8. The van der Waals surface area contributed by atoms with Crippen molar-refractivity contribution in [3.63, 3.8) is 0 Å². The van der Waals surface area contributed by atoms with Crippen LogP contribution in [0.2, 0.25) is 5.02 Å². The fourth-order valence-corrected chi connectivity index (χ4v) is 4.80. The Morgan fingerprint density at radius 3 is 2.37 bits per heavy atom. The summed E-state index contributed by atoms with van der Waals surface area (Å²) in [5.74, 6) is -0.675. The minimum Gasteiger partial charge on any atom is -0.495 e. The van der Waals surface area contributed by atoms with E-state index in [0.717, 1.165) is 20.6 Å². The number of halogens is 2. The molecule has 0 fully saturated rings. The third-order valence-electron chi connectivity index (χ3n) is 5.00. The van der Waals surface area contributed by atoms with Gasteiger partial charge in [0.1, 0.15) is 18.3 Å². The lowest BCUT2D eigenvalue weighted by Gasteiger charge is -2.33. The van der Waals surface area contributed by atoms with Crippen LogP contribution >= 0.6 is 27.5 Å². The van der Waals surface area contributed by atoms with Gasteiger partial charge in [0, 0.05) is 21.6 Å². The van der Waals surface area contributed by atoms with Crippen LogP contribution in [-0.2, 0) is 26.2 Å². The smallest absolute Gasteiger partial charge is 0.244 e. The van der Waals surface area contributed by atoms with Crippen molar-refractivity contribution in [2.24, 2.45) is 0 Å². The highest BCUT2D eigenvalue weighted by atomic mass is 79.9. The summed E-state index contributed by atoms with van der Waals surface area (Å²) in [4.78, 5) is 27.9. The largest absolute Gasteiger partial charge is 0.495 e. The molecule has 8 nitrogen and oxygen atoms in total. The predicted molar refractivity (Wildman–Crippen MR) is 142 cm³/mol. The van der Waals surface area contributed by atoms with Crippen LogP contribution < -0.4 is 14.4 Å². The standard InChI is InChI=1S/C24H31BrClN3O5S/c1-16(23(31)27-24(2,3)4)28(14-17-8-7-9-18(25)12-17)22(30)15-29(35(6,32)33)20-13-19(26)10-11-21(20)34-5/h7-13,16H,14-15H2,1-6H3,(H,27,31). The van der Waals surface area contributed by atoms with E-state index in [1.165, 1.54) is 24.1 Å². The fourth-order valence-electron chi connectivity index (χ4n) is 3.34. The summed E-state index contributed by atoms with van der Waals surface area (Å²) < 4.78 is 32.5. The zero-order chi connectivity index (χ0) is 26.6. The third kappa shape index (κ3) is 8.40. The molecule has 35 heavy (non-hydrogen) atoms. The molecule has 1 N–H and O–H groups in total. The molecule has 2 aromatic rings. The molecule has 1 atom stereocenters. The second-order valence-electron chi connectivity index (χ2n) is 9.15. The minimum atomic E-state index is -3.91. The summed E-state index contributed by atoms with van der Waals surface area (Å²) in [5, 5.41) is 3.16. The second-order valence-corrected chi connectivity index (χ2v) is 12.4. The molecule has 11 heteroatoms. The zero-order valence-electron chi connectivity index (χ0n) is 20.6. The van der Waals surface area contributed by atoms with Gasteiger partial charge in [-0.2, -0.15) is 0 Å². The average molecular weight is 589 g/mol. The number of rotatable bonds is 9. The van der Waals surface area contributed by atoms with E-state index >= 15 is 0 Å². The molecule has 192 valence electrons. The molecule has 0 saturated heterocycles. The van der Waals surface area contributed by atoms with Gasteiger partial charge in [-0.25, -0.2) is 8.42 Å². The number of hydrogen-bond acceptors (Lipinski definition) is 5. The Morgan fingerprint density at radius 1 is 1.17 bits per heavy atom. The van der Waals surface area contributed by atoms with E-state index < -0.39 is 34.1 Å². The van der Waals surface area contributed by atoms with Gasteiger partial charge in [-0.15, -0.1) is 0 Å². The number of nitrogens with one attached hydrogen (secondary N) is 1. The maximum atomic E-state index is 13.6. The molecular formula is C24H31BrClN3O5S. The van der Waals surface area contributed by atoms with Crippen molar-refractivity contribution in [1.82, 2.24) is 10.2 Å². The minimum absolute atomic E-state index is 0.0985. The van der Waals surface area contributed by atoms with E-state index in [4.69, 9.17) is 16.3 Å². The Bertz CT molecular complexity index is 1180. The number of hydrogen-bond donors (Lipinski definition) is 1. The quantitative estimate of drug-likeness (QED) is 0.474. The molecule has 0 spiro atoms. The molecule has 0 aliphatic rings. The number of carbonyl (C=O) groups is 2. The summed E-state index contributed by atoms with van der Waals surface area (Å²) >= 11 is 9.53. The molecule has 2 amide bonds. The number of sulfonamides is 1. The molecule has 0 bridgehead atoms. The van der Waals surface area contributed by atoms with Crippen LogP contribution in [0.15, 0.2) is 46.9 Å².